The molecule has 0 spiro atoms. The smallest absolute Gasteiger partial charge is 0.350 e. The van der Waals surface area contributed by atoms with Crippen LogP contribution in [0.1, 0.15) is 25.3 Å². The third kappa shape index (κ3) is 2.98. The zero-order valence-corrected chi connectivity index (χ0v) is 15.5. The van der Waals surface area contributed by atoms with Gasteiger partial charge in [-0.15, -0.1) is 12.4 Å². The van der Waals surface area contributed by atoms with Crippen molar-refractivity contribution >= 4 is 29.0 Å². The molecule has 148 valence electrons. The van der Waals surface area contributed by atoms with Gasteiger partial charge in [-0.1, -0.05) is 0 Å². The molecule has 1 atom stereocenters. The molecule has 1 aliphatic carbocycles. The summed E-state index contributed by atoms with van der Waals surface area (Å²) in [5, 5.41) is 0.0648. The standard InChI is InChI=1S/C17H21F2N5O2.ClH/c18-7-17(8-20)3-4-22(9-17)14-6-13-11(5-12(14)19)15(25)24(21)16(26)23(13)10-1-2-10;/h5-6,10H,1-4,7-9,20-21H2;1H. The van der Waals surface area contributed by atoms with E-state index in [4.69, 9.17) is 11.6 Å². The fourth-order valence-electron chi connectivity index (χ4n) is 3.76. The van der Waals surface area contributed by atoms with Gasteiger partial charge in [-0.25, -0.2) is 9.18 Å². The Morgan fingerprint density at radius 2 is 1.96 bits per heavy atom. The molecule has 1 aliphatic heterocycles. The lowest BCUT2D eigenvalue weighted by Crippen LogP contribution is -2.44. The molecule has 0 amide bonds. The molecule has 2 aromatic rings. The lowest BCUT2D eigenvalue weighted by atomic mass is 9.89. The summed E-state index contributed by atoms with van der Waals surface area (Å²) in [6.07, 6.45) is 2.14. The van der Waals surface area contributed by atoms with Gasteiger partial charge in [0.2, 0.25) is 0 Å². The van der Waals surface area contributed by atoms with Gasteiger partial charge < -0.3 is 16.5 Å². The summed E-state index contributed by atoms with van der Waals surface area (Å²) in [4.78, 5) is 26.5. The third-order valence-electron chi connectivity index (χ3n) is 5.59. The molecular formula is C17H22ClF2N5O2. The molecule has 27 heavy (non-hydrogen) atoms. The first kappa shape index (κ1) is 19.6. The molecule has 4 rings (SSSR count). The Labute approximate surface area is 159 Å². The zero-order chi connectivity index (χ0) is 18.6. The Balaban J connectivity index is 0.00000210. The second-order valence-electron chi connectivity index (χ2n) is 7.39. The molecule has 7 nitrogen and oxygen atoms in total. The van der Waals surface area contributed by atoms with Crippen molar-refractivity contribution in [1.82, 2.24) is 9.24 Å². The number of aromatic nitrogens is 2. The van der Waals surface area contributed by atoms with E-state index in [-0.39, 0.29) is 36.1 Å². The van der Waals surface area contributed by atoms with Gasteiger partial charge in [0.05, 0.1) is 23.3 Å². The molecule has 1 aromatic heterocycles. The molecular weight excluding hydrogens is 380 g/mol. The number of alkyl halides is 1. The average molecular weight is 402 g/mol. The maximum atomic E-state index is 14.7. The number of nitrogens with zero attached hydrogens (tertiary/aromatic N) is 3. The topological polar surface area (TPSA) is 99.3 Å². The van der Waals surface area contributed by atoms with E-state index in [1.165, 1.54) is 10.6 Å². The predicted octanol–water partition coefficient (Wildman–Crippen LogP) is 0.897. The van der Waals surface area contributed by atoms with Gasteiger partial charge >= 0.3 is 5.69 Å². The summed E-state index contributed by atoms with van der Waals surface area (Å²) in [6, 6.07) is 2.59. The molecule has 2 aliphatic rings. The van der Waals surface area contributed by atoms with Crippen LogP contribution in [0.3, 0.4) is 0 Å². The second-order valence-corrected chi connectivity index (χ2v) is 7.39. The number of halogens is 3. The van der Waals surface area contributed by atoms with Crippen molar-refractivity contribution < 1.29 is 8.78 Å². The Morgan fingerprint density at radius 3 is 2.52 bits per heavy atom. The van der Waals surface area contributed by atoms with Crippen LogP contribution in [0.4, 0.5) is 14.5 Å². The maximum Gasteiger partial charge on any atom is 0.350 e. The van der Waals surface area contributed by atoms with Crippen molar-refractivity contribution in [3.8, 4) is 0 Å². The largest absolute Gasteiger partial charge is 0.368 e. The Bertz CT molecular complexity index is 997. The lowest BCUT2D eigenvalue weighted by Gasteiger charge is -2.26. The lowest BCUT2D eigenvalue weighted by molar-refractivity contribution is 0.242. The number of benzene rings is 1. The molecule has 1 unspecified atom stereocenters. The molecule has 10 heteroatoms. The van der Waals surface area contributed by atoms with Gasteiger partial charge in [0, 0.05) is 31.1 Å². The van der Waals surface area contributed by atoms with Crippen molar-refractivity contribution in [2.75, 3.05) is 37.1 Å². The average Bonchev–Trinajstić information content (AvgIpc) is 3.38. The van der Waals surface area contributed by atoms with E-state index in [1.807, 2.05) is 0 Å². The van der Waals surface area contributed by atoms with Crippen molar-refractivity contribution in [2.45, 2.75) is 25.3 Å². The number of fused-ring (bicyclic) bond motifs is 1. The summed E-state index contributed by atoms with van der Waals surface area (Å²) >= 11 is 0. The van der Waals surface area contributed by atoms with E-state index in [1.54, 1.807) is 4.90 Å². The van der Waals surface area contributed by atoms with E-state index in [2.05, 4.69) is 0 Å². The van der Waals surface area contributed by atoms with Gasteiger partial charge in [0.25, 0.3) is 5.56 Å². The van der Waals surface area contributed by atoms with Crippen molar-refractivity contribution in [2.24, 2.45) is 11.1 Å². The van der Waals surface area contributed by atoms with E-state index in [0.717, 1.165) is 18.9 Å². The highest BCUT2D eigenvalue weighted by Gasteiger charge is 2.38. The first-order chi connectivity index (χ1) is 12.4. The van der Waals surface area contributed by atoms with Crippen molar-refractivity contribution in [3.63, 3.8) is 0 Å². The second kappa shape index (κ2) is 6.79. The summed E-state index contributed by atoms with van der Waals surface area (Å²) < 4.78 is 30.2. The van der Waals surface area contributed by atoms with Gasteiger partial charge in [0.15, 0.2) is 0 Å². The van der Waals surface area contributed by atoms with Crippen LogP contribution in [0.2, 0.25) is 0 Å². The summed E-state index contributed by atoms with van der Waals surface area (Å²) in [5.41, 5.74) is 4.32. The fourth-order valence-corrected chi connectivity index (χ4v) is 3.76. The molecule has 2 heterocycles. The number of hydrogen-bond donors (Lipinski definition) is 2. The molecule has 1 saturated carbocycles. The van der Waals surface area contributed by atoms with E-state index < -0.39 is 29.2 Å². The minimum absolute atomic E-state index is 0. The van der Waals surface area contributed by atoms with Crippen LogP contribution in [0, 0.1) is 11.2 Å². The Kier molecular flexibility index (Phi) is 4.94. The van der Waals surface area contributed by atoms with E-state index >= 15 is 0 Å². The minimum Gasteiger partial charge on any atom is -0.368 e. The van der Waals surface area contributed by atoms with Crippen LogP contribution in [-0.2, 0) is 0 Å². The normalized spacial score (nSPS) is 22.3. The molecule has 1 saturated heterocycles. The highest BCUT2D eigenvalue weighted by molar-refractivity contribution is 5.85. The Morgan fingerprint density at radius 1 is 1.26 bits per heavy atom. The first-order valence-electron chi connectivity index (χ1n) is 8.68. The maximum absolute atomic E-state index is 14.7. The summed E-state index contributed by atoms with van der Waals surface area (Å²) in [7, 11) is 0. The number of rotatable bonds is 4. The number of hydrogen-bond acceptors (Lipinski definition) is 5. The summed E-state index contributed by atoms with van der Waals surface area (Å²) in [5.74, 6) is 4.98. The van der Waals surface area contributed by atoms with Crippen LogP contribution in [0.5, 0.6) is 0 Å². The van der Waals surface area contributed by atoms with Gasteiger partial charge in [-0.2, -0.15) is 4.68 Å². The summed E-state index contributed by atoms with van der Waals surface area (Å²) in [6.45, 7) is 0.370. The molecule has 0 bridgehead atoms. The van der Waals surface area contributed by atoms with Crippen LogP contribution in [0.15, 0.2) is 21.7 Å². The third-order valence-corrected chi connectivity index (χ3v) is 5.59. The van der Waals surface area contributed by atoms with Crippen LogP contribution < -0.4 is 27.7 Å². The molecule has 4 N–H and O–H groups in total. The number of anilines is 1. The highest BCUT2D eigenvalue weighted by atomic mass is 35.5. The van der Waals surface area contributed by atoms with Crippen molar-refractivity contribution in [1.29, 1.82) is 0 Å². The van der Waals surface area contributed by atoms with Crippen molar-refractivity contribution in [3.05, 3.63) is 38.8 Å². The van der Waals surface area contributed by atoms with E-state index in [0.29, 0.717) is 29.7 Å². The number of nitrogens with two attached hydrogens (primary N) is 2. The Hall–Kier alpha value is -2.13. The quantitative estimate of drug-likeness (QED) is 0.741. The van der Waals surface area contributed by atoms with Crippen LogP contribution in [0.25, 0.3) is 10.9 Å². The number of nitrogen functional groups attached to an aromatic ring is 1. The monoisotopic (exact) mass is 401 g/mol. The highest BCUT2D eigenvalue weighted by Crippen LogP contribution is 2.38. The van der Waals surface area contributed by atoms with Crippen LogP contribution >= 0.6 is 12.4 Å². The minimum atomic E-state index is -0.728. The van der Waals surface area contributed by atoms with Gasteiger partial charge in [-0.3, -0.25) is 13.8 Å². The van der Waals surface area contributed by atoms with Gasteiger partial charge in [0.1, 0.15) is 5.82 Å². The predicted molar refractivity (Wildman–Crippen MR) is 102 cm³/mol. The molecule has 2 fully saturated rings. The first-order valence-corrected chi connectivity index (χ1v) is 8.68. The molecule has 1 aromatic carbocycles. The molecule has 0 radical (unpaired) electrons. The van der Waals surface area contributed by atoms with Crippen LogP contribution in [-0.4, -0.2) is 35.6 Å². The SMILES string of the molecule is Cl.NCC1(CF)CCN(c2cc3c(cc2F)c(=O)n(N)c(=O)n3C2CC2)C1. The fraction of sp³-hybridized carbons (Fsp3) is 0.529. The van der Waals surface area contributed by atoms with Gasteiger partial charge in [-0.05, 0) is 31.4 Å². The zero-order valence-electron chi connectivity index (χ0n) is 14.7. The van der Waals surface area contributed by atoms with E-state index in [9.17, 15) is 18.4 Å².